The van der Waals surface area contributed by atoms with Crippen LogP contribution in [0.3, 0.4) is 0 Å². The lowest BCUT2D eigenvalue weighted by Crippen LogP contribution is -2.11. The molecule has 0 saturated heterocycles. The Kier molecular flexibility index (Phi) is 8.09. The predicted octanol–water partition coefficient (Wildman–Crippen LogP) is 8.09. The van der Waals surface area contributed by atoms with E-state index in [1.165, 1.54) is 0 Å². The van der Waals surface area contributed by atoms with Crippen LogP contribution in [-0.2, 0) is 19.8 Å². The van der Waals surface area contributed by atoms with Crippen molar-refractivity contribution < 1.29 is 18.6 Å². The molecule has 214 valence electrons. The first-order valence-electron chi connectivity index (χ1n) is 14.1. The number of nitrogens with two attached hydrogens (primary N) is 1. The van der Waals surface area contributed by atoms with Crippen LogP contribution in [0.15, 0.2) is 131 Å². The standard InChI is InChI=1S/C37H31NO5/c1-25-19-31-34(39)37(42-24-28-15-9-4-10-16-28)36(43-35(31)32(38)20-25)30-18-17-29(40-22-26-11-5-2-6-12-26)21-33(30)41-23-27-13-7-3-8-14-27/h2-21H,22-24,38H2,1H3. The van der Waals surface area contributed by atoms with E-state index in [9.17, 15) is 4.79 Å². The van der Waals surface area contributed by atoms with Crippen LogP contribution in [0, 0.1) is 6.92 Å². The molecule has 6 aromatic rings. The molecule has 0 atom stereocenters. The van der Waals surface area contributed by atoms with E-state index in [-0.39, 0.29) is 23.5 Å². The van der Waals surface area contributed by atoms with Gasteiger partial charge in [0.15, 0.2) is 11.3 Å². The van der Waals surface area contributed by atoms with Crippen molar-refractivity contribution in [2.75, 3.05) is 5.73 Å². The second kappa shape index (κ2) is 12.6. The van der Waals surface area contributed by atoms with E-state index < -0.39 is 0 Å². The first-order chi connectivity index (χ1) is 21.0. The van der Waals surface area contributed by atoms with Crippen LogP contribution >= 0.6 is 0 Å². The maximum atomic E-state index is 14.0. The normalized spacial score (nSPS) is 10.9. The van der Waals surface area contributed by atoms with Gasteiger partial charge in [-0.25, -0.2) is 0 Å². The predicted molar refractivity (Wildman–Crippen MR) is 169 cm³/mol. The molecule has 0 amide bonds. The van der Waals surface area contributed by atoms with E-state index >= 15 is 0 Å². The molecule has 2 N–H and O–H groups in total. The summed E-state index contributed by atoms with van der Waals surface area (Å²) in [5, 5.41) is 0.360. The minimum atomic E-state index is -0.305. The SMILES string of the molecule is Cc1cc(N)c2oc(-c3ccc(OCc4ccccc4)cc3OCc3ccccc3)c(OCc3ccccc3)c(=O)c2c1. The summed E-state index contributed by atoms with van der Waals surface area (Å²) in [4.78, 5) is 14.0. The molecule has 0 aliphatic rings. The van der Waals surface area contributed by atoms with Crippen LogP contribution in [0.5, 0.6) is 17.2 Å². The highest BCUT2D eigenvalue weighted by Crippen LogP contribution is 2.40. The third-order valence-corrected chi connectivity index (χ3v) is 7.03. The monoisotopic (exact) mass is 569 g/mol. The second-order valence-corrected chi connectivity index (χ2v) is 10.3. The molecule has 0 aliphatic carbocycles. The van der Waals surface area contributed by atoms with Crippen LogP contribution in [0.1, 0.15) is 22.3 Å². The molecule has 6 heteroatoms. The Balaban J connectivity index is 1.45. The molecule has 0 aliphatic heterocycles. The highest BCUT2D eigenvalue weighted by molar-refractivity contribution is 5.91. The maximum Gasteiger partial charge on any atom is 0.235 e. The number of rotatable bonds is 10. The number of fused-ring (bicyclic) bond motifs is 1. The number of aryl methyl sites for hydroxylation is 1. The summed E-state index contributed by atoms with van der Waals surface area (Å²) in [6.07, 6.45) is 0. The van der Waals surface area contributed by atoms with E-state index in [2.05, 4.69) is 0 Å². The minimum absolute atomic E-state index is 0.0869. The van der Waals surface area contributed by atoms with E-state index in [4.69, 9.17) is 24.4 Å². The molecule has 0 saturated carbocycles. The zero-order valence-electron chi connectivity index (χ0n) is 23.8. The second-order valence-electron chi connectivity index (χ2n) is 10.3. The molecule has 1 aromatic heterocycles. The van der Waals surface area contributed by atoms with Crippen molar-refractivity contribution in [3.05, 3.63) is 154 Å². The fourth-order valence-electron chi connectivity index (χ4n) is 4.87. The van der Waals surface area contributed by atoms with E-state index in [0.29, 0.717) is 46.9 Å². The lowest BCUT2D eigenvalue weighted by Gasteiger charge is -2.17. The maximum absolute atomic E-state index is 14.0. The fraction of sp³-hybridized carbons (Fsp3) is 0.108. The van der Waals surface area contributed by atoms with Gasteiger partial charge in [-0.2, -0.15) is 0 Å². The summed E-state index contributed by atoms with van der Waals surface area (Å²) >= 11 is 0. The van der Waals surface area contributed by atoms with Gasteiger partial charge in [0.05, 0.1) is 16.6 Å². The number of benzene rings is 5. The number of ether oxygens (including phenoxy) is 3. The quantitative estimate of drug-likeness (QED) is 0.168. The first kappa shape index (κ1) is 27.7. The van der Waals surface area contributed by atoms with Gasteiger partial charge in [0, 0.05) is 6.07 Å². The minimum Gasteiger partial charge on any atom is -0.489 e. The third kappa shape index (κ3) is 6.39. The van der Waals surface area contributed by atoms with Gasteiger partial charge in [-0.05, 0) is 53.4 Å². The average Bonchev–Trinajstić information content (AvgIpc) is 3.04. The molecule has 43 heavy (non-hydrogen) atoms. The van der Waals surface area contributed by atoms with Crippen LogP contribution < -0.4 is 25.4 Å². The lowest BCUT2D eigenvalue weighted by molar-refractivity contribution is 0.287. The van der Waals surface area contributed by atoms with Crippen molar-refractivity contribution in [1.82, 2.24) is 0 Å². The lowest BCUT2D eigenvalue weighted by atomic mass is 10.1. The average molecular weight is 570 g/mol. The summed E-state index contributed by atoms with van der Waals surface area (Å²) in [6, 6.07) is 38.5. The van der Waals surface area contributed by atoms with Gasteiger partial charge in [-0.15, -0.1) is 0 Å². The number of anilines is 1. The topological polar surface area (TPSA) is 83.9 Å². The Morgan fingerprint density at radius 2 is 1.21 bits per heavy atom. The Bertz CT molecular complexity index is 1900. The molecule has 0 radical (unpaired) electrons. The van der Waals surface area contributed by atoms with Gasteiger partial charge in [0.2, 0.25) is 11.2 Å². The third-order valence-electron chi connectivity index (χ3n) is 7.03. The van der Waals surface area contributed by atoms with E-state index in [1.54, 1.807) is 12.1 Å². The van der Waals surface area contributed by atoms with Gasteiger partial charge in [-0.3, -0.25) is 4.79 Å². The zero-order valence-corrected chi connectivity index (χ0v) is 23.8. The highest BCUT2D eigenvalue weighted by Gasteiger charge is 2.23. The largest absolute Gasteiger partial charge is 0.489 e. The van der Waals surface area contributed by atoms with Crippen LogP contribution in [0.4, 0.5) is 5.69 Å². The van der Waals surface area contributed by atoms with Crippen molar-refractivity contribution in [2.24, 2.45) is 0 Å². The summed E-state index contributed by atoms with van der Waals surface area (Å²) in [7, 11) is 0. The molecule has 1 heterocycles. The van der Waals surface area contributed by atoms with Gasteiger partial charge >= 0.3 is 0 Å². The van der Waals surface area contributed by atoms with Crippen molar-refractivity contribution >= 4 is 16.7 Å². The molecule has 0 unspecified atom stereocenters. The summed E-state index contributed by atoms with van der Waals surface area (Å²) in [5.41, 5.74) is 11.1. The Labute approximate surface area is 249 Å². The van der Waals surface area contributed by atoms with Crippen molar-refractivity contribution in [3.63, 3.8) is 0 Å². The molecular weight excluding hydrogens is 538 g/mol. The summed E-state index contributed by atoms with van der Waals surface area (Å²) < 4.78 is 25.1. The van der Waals surface area contributed by atoms with Crippen LogP contribution in [0.2, 0.25) is 0 Å². The number of nitrogen functional groups attached to an aromatic ring is 1. The van der Waals surface area contributed by atoms with E-state index in [1.807, 2.05) is 116 Å². The molecule has 6 nitrogen and oxygen atoms in total. The van der Waals surface area contributed by atoms with Gasteiger partial charge in [-0.1, -0.05) is 91.0 Å². The first-order valence-corrected chi connectivity index (χ1v) is 14.1. The molecular formula is C37H31NO5. The zero-order chi connectivity index (χ0) is 29.6. The Hall–Kier alpha value is -5.49. The summed E-state index contributed by atoms with van der Waals surface area (Å²) in [6.45, 7) is 2.77. The summed E-state index contributed by atoms with van der Waals surface area (Å²) in [5.74, 6) is 1.42. The van der Waals surface area contributed by atoms with Crippen LogP contribution in [-0.4, -0.2) is 0 Å². The van der Waals surface area contributed by atoms with Crippen molar-refractivity contribution in [3.8, 4) is 28.6 Å². The van der Waals surface area contributed by atoms with E-state index in [0.717, 1.165) is 22.3 Å². The van der Waals surface area contributed by atoms with Crippen molar-refractivity contribution in [1.29, 1.82) is 0 Å². The highest BCUT2D eigenvalue weighted by atomic mass is 16.5. The molecule has 0 spiro atoms. The van der Waals surface area contributed by atoms with Gasteiger partial charge in [0.1, 0.15) is 31.3 Å². The van der Waals surface area contributed by atoms with Gasteiger partial charge in [0.25, 0.3) is 0 Å². The number of hydrogen-bond acceptors (Lipinski definition) is 6. The Morgan fingerprint density at radius 3 is 1.81 bits per heavy atom. The van der Waals surface area contributed by atoms with Crippen LogP contribution in [0.25, 0.3) is 22.3 Å². The molecule has 0 bridgehead atoms. The van der Waals surface area contributed by atoms with Crippen molar-refractivity contribution in [2.45, 2.75) is 26.7 Å². The molecule has 6 rings (SSSR count). The van der Waals surface area contributed by atoms with Gasteiger partial charge < -0.3 is 24.4 Å². The smallest absolute Gasteiger partial charge is 0.235 e. The molecule has 5 aromatic carbocycles. The fourth-order valence-corrected chi connectivity index (χ4v) is 4.87. The number of hydrogen-bond donors (Lipinski definition) is 1. The Morgan fingerprint density at radius 1 is 0.651 bits per heavy atom. The molecule has 0 fully saturated rings.